The maximum Gasteiger partial charge on any atom is 0.0320 e. The van der Waals surface area contributed by atoms with Gasteiger partial charge in [-0.3, -0.25) is 0 Å². The van der Waals surface area contributed by atoms with E-state index in [-0.39, 0.29) is 0 Å². The molecule has 0 spiro atoms. The van der Waals surface area contributed by atoms with E-state index in [0.29, 0.717) is 12.2 Å². The van der Waals surface area contributed by atoms with Crippen LogP contribution in [-0.4, -0.2) is 6.54 Å². The van der Waals surface area contributed by atoms with Gasteiger partial charge in [-0.05, 0) is 55.6 Å². The minimum absolute atomic E-state index is 0.389. The van der Waals surface area contributed by atoms with Crippen LogP contribution in [0.2, 0.25) is 0 Å². The molecular formula is C20H28N2. The molecule has 1 aromatic carbocycles. The molecule has 2 heteroatoms. The van der Waals surface area contributed by atoms with Crippen molar-refractivity contribution in [1.82, 2.24) is 0 Å². The van der Waals surface area contributed by atoms with Crippen molar-refractivity contribution in [1.29, 1.82) is 0 Å². The highest BCUT2D eigenvalue weighted by Gasteiger charge is 2.22. The summed E-state index contributed by atoms with van der Waals surface area (Å²) in [5, 5.41) is 0. The summed E-state index contributed by atoms with van der Waals surface area (Å²) in [6.07, 6.45) is 14.6. The number of nitrogens with two attached hydrogens (primary N) is 2. The first kappa shape index (κ1) is 16.6. The Kier molecular flexibility index (Phi) is 6.47. The molecule has 1 aromatic rings. The van der Waals surface area contributed by atoms with Crippen molar-refractivity contribution >= 4 is 0 Å². The Hall–Kier alpha value is -1.80. The molecule has 22 heavy (non-hydrogen) atoms. The molecule has 0 heterocycles. The van der Waals surface area contributed by atoms with Crippen LogP contribution in [0.5, 0.6) is 0 Å². The van der Waals surface area contributed by atoms with Crippen molar-refractivity contribution in [3.8, 4) is 0 Å². The molecular weight excluding hydrogens is 268 g/mol. The van der Waals surface area contributed by atoms with E-state index in [1.165, 1.54) is 49.7 Å². The third kappa shape index (κ3) is 5.90. The van der Waals surface area contributed by atoms with Crippen LogP contribution in [0, 0.1) is 0 Å². The average Bonchev–Trinajstić information content (AvgIpc) is 3.40. The third-order valence-corrected chi connectivity index (χ3v) is 4.06. The van der Waals surface area contributed by atoms with E-state index >= 15 is 0 Å². The average molecular weight is 296 g/mol. The maximum atomic E-state index is 4.97. The van der Waals surface area contributed by atoms with Gasteiger partial charge < -0.3 is 11.5 Å². The number of benzene rings is 1. The first-order valence-corrected chi connectivity index (χ1v) is 8.26. The molecule has 2 aliphatic carbocycles. The second-order valence-corrected chi connectivity index (χ2v) is 6.14. The van der Waals surface area contributed by atoms with Crippen molar-refractivity contribution in [2.24, 2.45) is 11.5 Å². The van der Waals surface area contributed by atoms with E-state index in [0.717, 1.165) is 5.92 Å². The molecule has 0 saturated heterocycles. The fourth-order valence-corrected chi connectivity index (χ4v) is 2.51. The highest BCUT2D eigenvalue weighted by atomic mass is 14.7. The molecule has 0 bridgehead atoms. The Bertz CT molecular complexity index is 533. The van der Waals surface area contributed by atoms with Gasteiger partial charge in [0, 0.05) is 12.2 Å². The maximum absolute atomic E-state index is 4.97. The number of allylic oxidation sites excluding steroid dienone is 4. The Morgan fingerprint density at radius 3 is 2.27 bits per heavy atom. The van der Waals surface area contributed by atoms with Crippen molar-refractivity contribution in [3.05, 3.63) is 71.5 Å². The zero-order valence-corrected chi connectivity index (χ0v) is 13.4. The summed E-state index contributed by atoms with van der Waals surface area (Å²) in [6, 6.07) is 9.30. The Morgan fingerprint density at radius 2 is 1.77 bits per heavy atom. The molecule has 2 nitrogen and oxygen atoms in total. The van der Waals surface area contributed by atoms with Crippen LogP contribution >= 0.6 is 0 Å². The van der Waals surface area contributed by atoms with Crippen LogP contribution < -0.4 is 11.5 Å². The molecule has 1 saturated carbocycles. The molecule has 0 radical (unpaired) electrons. The summed E-state index contributed by atoms with van der Waals surface area (Å²) in [5.74, 6) is 0.882. The van der Waals surface area contributed by atoms with Gasteiger partial charge in [-0.25, -0.2) is 0 Å². The van der Waals surface area contributed by atoms with Crippen LogP contribution in [0.15, 0.2) is 60.3 Å². The molecule has 118 valence electrons. The van der Waals surface area contributed by atoms with Crippen LogP contribution in [0.1, 0.15) is 49.1 Å². The molecule has 0 aromatic heterocycles. The van der Waals surface area contributed by atoms with Gasteiger partial charge in [-0.1, -0.05) is 54.6 Å². The van der Waals surface area contributed by atoms with Gasteiger partial charge in [0.2, 0.25) is 0 Å². The fraction of sp³-hybridized carbons (Fsp3) is 0.400. The zero-order valence-electron chi connectivity index (χ0n) is 13.4. The summed E-state index contributed by atoms with van der Waals surface area (Å²) < 4.78 is 0. The van der Waals surface area contributed by atoms with E-state index in [1.54, 1.807) is 5.56 Å². The quantitative estimate of drug-likeness (QED) is 0.856. The van der Waals surface area contributed by atoms with Crippen LogP contribution in [0.25, 0.3) is 0 Å². The van der Waals surface area contributed by atoms with E-state index in [1.807, 2.05) is 0 Å². The zero-order chi connectivity index (χ0) is 15.8. The van der Waals surface area contributed by atoms with Gasteiger partial charge in [-0.2, -0.15) is 0 Å². The minimum atomic E-state index is 0.389. The summed E-state index contributed by atoms with van der Waals surface area (Å²) in [6.45, 7) is 3.72. The molecule has 4 N–H and O–H groups in total. The first-order chi connectivity index (χ1) is 10.7. The molecule has 0 atom stereocenters. The Morgan fingerprint density at radius 1 is 1.09 bits per heavy atom. The number of hydrogen-bond acceptors (Lipinski definition) is 2. The summed E-state index contributed by atoms with van der Waals surface area (Å²) in [4.78, 5) is 0. The van der Waals surface area contributed by atoms with Crippen molar-refractivity contribution in [3.63, 3.8) is 0 Å². The SMILES string of the molecule is C1=CC(CCc2ccc(C3CC3)cc2)=CCC1.C=C(N)CN. The van der Waals surface area contributed by atoms with Gasteiger partial charge >= 0.3 is 0 Å². The predicted molar refractivity (Wildman–Crippen MR) is 95.6 cm³/mol. The second kappa shape index (κ2) is 8.60. The highest BCUT2D eigenvalue weighted by molar-refractivity contribution is 5.29. The van der Waals surface area contributed by atoms with Crippen molar-refractivity contribution in [2.45, 2.75) is 44.4 Å². The van der Waals surface area contributed by atoms with E-state index in [9.17, 15) is 0 Å². The fourth-order valence-electron chi connectivity index (χ4n) is 2.51. The second-order valence-electron chi connectivity index (χ2n) is 6.14. The smallest absolute Gasteiger partial charge is 0.0320 e. The Labute approximate surface area is 134 Å². The van der Waals surface area contributed by atoms with Crippen molar-refractivity contribution < 1.29 is 0 Å². The predicted octanol–water partition coefficient (Wildman–Crippen LogP) is 4.19. The molecule has 1 fully saturated rings. The van der Waals surface area contributed by atoms with Gasteiger partial charge in [0.05, 0.1) is 0 Å². The van der Waals surface area contributed by atoms with Gasteiger partial charge in [0.1, 0.15) is 0 Å². The third-order valence-electron chi connectivity index (χ3n) is 4.06. The largest absolute Gasteiger partial charge is 0.401 e. The van der Waals surface area contributed by atoms with Crippen LogP contribution in [0.4, 0.5) is 0 Å². The normalized spacial score (nSPS) is 16.5. The number of hydrogen-bond donors (Lipinski definition) is 2. The van der Waals surface area contributed by atoms with Crippen LogP contribution in [0.3, 0.4) is 0 Å². The van der Waals surface area contributed by atoms with E-state index in [2.05, 4.69) is 49.1 Å². The highest BCUT2D eigenvalue weighted by Crippen LogP contribution is 2.39. The van der Waals surface area contributed by atoms with Gasteiger partial charge in [0.15, 0.2) is 0 Å². The summed E-state index contributed by atoms with van der Waals surface area (Å²) in [7, 11) is 0. The lowest BCUT2D eigenvalue weighted by molar-refractivity contribution is 0.919. The standard InChI is InChI=1S/C17H20.C3H8N2/c1-2-4-14(5-3-1)6-7-15-8-10-16(11-9-15)17-12-13-17;1-3(5)2-4/h2,4-5,8-11,17H,1,3,6-7,12-13H2;1-2,4-5H2. The molecule has 0 aliphatic heterocycles. The number of rotatable bonds is 5. The molecule has 0 unspecified atom stereocenters. The minimum Gasteiger partial charge on any atom is -0.401 e. The van der Waals surface area contributed by atoms with Gasteiger partial charge in [-0.15, -0.1) is 0 Å². The topological polar surface area (TPSA) is 52.0 Å². The molecule has 3 rings (SSSR count). The van der Waals surface area contributed by atoms with E-state index in [4.69, 9.17) is 11.5 Å². The van der Waals surface area contributed by atoms with Crippen molar-refractivity contribution in [2.75, 3.05) is 6.54 Å². The van der Waals surface area contributed by atoms with Gasteiger partial charge in [0.25, 0.3) is 0 Å². The molecule has 0 amide bonds. The summed E-state index contributed by atoms with van der Waals surface area (Å²) in [5.41, 5.74) is 15.0. The lowest BCUT2D eigenvalue weighted by atomic mass is 9.99. The Balaban J connectivity index is 0.000000309. The monoisotopic (exact) mass is 296 g/mol. The number of aryl methyl sites for hydroxylation is 1. The first-order valence-electron chi connectivity index (χ1n) is 8.26. The summed E-state index contributed by atoms with van der Waals surface area (Å²) >= 11 is 0. The molecule has 2 aliphatic rings. The lowest BCUT2D eigenvalue weighted by Gasteiger charge is -2.07. The lowest BCUT2D eigenvalue weighted by Crippen LogP contribution is -2.08. The van der Waals surface area contributed by atoms with E-state index < -0.39 is 0 Å². The van der Waals surface area contributed by atoms with Crippen LogP contribution in [-0.2, 0) is 6.42 Å².